The summed E-state index contributed by atoms with van der Waals surface area (Å²) < 4.78 is 0. The van der Waals surface area contributed by atoms with E-state index in [0.29, 0.717) is 18.6 Å². The summed E-state index contributed by atoms with van der Waals surface area (Å²) in [4.78, 5) is 24.4. The highest BCUT2D eigenvalue weighted by molar-refractivity contribution is 5.83. The van der Waals surface area contributed by atoms with Crippen LogP contribution in [0.1, 0.15) is 39.5 Å². The van der Waals surface area contributed by atoms with Gasteiger partial charge in [-0.25, -0.2) is 4.79 Å². The average molecular weight is 270 g/mol. The van der Waals surface area contributed by atoms with Crippen LogP contribution in [0.25, 0.3) is 0 Å². The minimum atomic E-state index is -0.673. The van der Waals surface area contributed by atoms with Crippen molar-refractivity contribution in [3.05, 3.63) is 0 Å². The van der Waals surface area contributed by atoms with Crippen molar-refractivity contribution in [3.8, 4) is 0 Å². The predicted octanol–water partition coefficient (Wildman–Crippen LogP) is 0.424. The maximum absolute atomic E-state index is 11.4. The standard InChI is InChI=1S/C13H26N4O2/c1-10(2)17-8-4-3-5-11(17)6-7-15-12(18)9-16-13(14)19/h10-11H,3-9H2,1-2H3,(H,15,18)(H3,14,16,19). The fourth-order valence-electron chi connectivity index (χ4n) is 2.62. The Morgan fingerprint density at radius 1 is 1.32 bits per heavy atom. The first-order valence-electron chi connectivity index (χ1n) is 7.06. The molecule has 0 aromatic carbocycles. The molecule has 0 bridgehead atoms. The molecule has 19 heavy (non-hydrogen) atoms. The van der Waals surface area contributed by atoms with Crippen LogP contribution in [0.3, 0.4) is 0 Å². The van der Waals surface area contributed by atoms with Crippen molar-refractivity contribution in [2.24, 2.45) is 5.73 Å². The van der Waals surface area contributed by atoms with Gasteiger partial charge in [0.05, 0.1) is 6.54 Å². The molecule has 6 heteroatoms. The number of urea groups is 1. The third kappa shape index (κ3) is 5.92. The van der Waals surface area contributed by atoms with E-state index in [4.69, 9.17) is 5.73 Å². The van der Waals surface area contributed by atoms with Gasteiger partial charge in [-0.2, -0.15) is 0 Å². The van der Waals surface area contributed by atoms with Gasteiger partial charge in [0.25, 0.3) is 0 Å². The van der Waals surface area contributed by atoms with E-state index in [-0.39, 0.29) is 12.5 Å². The highest BCUT2D eigenvalue weighted by Gasteiger charge is 2.23. The number of piperidine rings is 1. The molecule has 1 fully saturated rings. The molecule has 1 heterocycles. The first kappa shape index (κ1) is 15.8. The van der Waals surface area contributed by atoms with E-state index in [1.807, 2.05) is 0 Å². The molecular formula is C13H26N4O2. The Bertz CT molecular complexity index is 307. The largest absolute Gasteiger partial charge is 0.355 e. The summed E-state index contributed by atoms with van der Waals surface area (Å²) in [6, 6.07) is 0.434. The summed E-state index contributed by atoms with van der Waals surface area (Å²) in [6.07, 6.45) is 4.70. The summed E-state index contributed by atoms with van der Waals surface area (Å²) in [5.74, 6) is -0.189. The molecule has 0 aromatic heterocycles. The SMILES string of the molecule is CC(C)N1CCCCC1CCNC(=O)CNC(N)=O. The van der Waals surface area contributed by atoms with Gasteiger partial charge in [-0.3, -0.25) is 9.69 Å². The minimum absolute atomic E-state index is 0.0477. The Labute approximate surface area is 115 Å². The topological polar surface area (TPSA) is 87.5 Å². The Hall–Kier alpha value is -1.30. The van der Waals surface area contributed by atoms with Crippen molar-refractivity contribution in [1.82, 2.24) is 15.5 Å². The van der Waals surface area contributed by atoms with Crippen molar-refractivity contribution < 1.29 is 9.59 Å². The van der Waals surface area contributed by atoms with Gasteiger partial charge in [0.15, 0.2) is 0 Å². The van der Waals surface area contributed by atoms with E-state index >= 15 is 0 Å². The Kier molecular flexibility index (Phi) is 6.62. The van der Waals surface area contributed by atoms with E-state index in [1.54, 1.807) is 0 Å². The van der Waals surface area contributed by atoms with Crippen LogP contribution in [-0.2, 0) is 4.79 Å². The zero-order valence-corrected chi connectivity index (χ0v) is 11.9. The van der Waals surface area contributed by atoms with Crippen LogP contribution in [-0.4, -0.2) is 48.6 Å². The van der Waals surface area contributed by atoms with Gasteiger partial charge in [0.1, 0.15) is 0 Å². The number of hydrogen-bond donors (Lipinski definition) is 3. The maximum Gasteiger partial charge on any atom is 0.312 e. The predicted molar refractivity (Wildman–Crippen MR) is 74.7 cm³/mol. The number of nitrogens with two attached hydrogens (primary N) is 1. The molecule has 4 N–H and O–H groups in total. The fourth-order valence-corrected chi connectivity index (χ4v) is 2.62. The second kappa shape index (κ2) is 7.99. The molecular weight excluding hydrogens is 244 g/mol. The zero-order chi connectivity index (χ0) is 14.3. The van der Waals surface area contributed by atoms with Crippen LogP contribution >= 0.6 is 0 Å². The highest BCUT2D eigenvalue weighted by atomic mass is 16.2. The molecule has 1 aliphatic heterocycles. The number of nitrogens with zero attached hydrogens (tertiary/aromatic N) is 1. The lowest BCUT2D eigenvalue weighted by atomic mass is 9.98. The number of carbonyl (C=O) groups is 2. The van der Waals surface area contributed by atoms with Crippen LogP contribution in [0.5, 0.6) is 0 Å². The number of nitrogens with one attached hydrogen (secondary N) is 2. The first-order valence-corrected chi connectivity index (χ1v) is 7.06. The van der Waals surface area contributed by atoms with Gasteiger partial charge in [-0.15, -0.1) is 0 Å². The van der Waals surface area contributed by atoms with Crippen molar-refractivity contribution in [3.63, 3.8) is 0 Å². The van der Waals surface area contributed by atoms with Crippen LogP contribution in [0, 0.1) is 0 Å². The molecule has 1 aliphatic rings. The van der Waals surface area contributed by atoms with Crippen LogP contribution in [0.2, 0.25) is 0 Å². The van der Waals surface area contributed by atoms with Crippen molar-refractivity contribution >= 4 is 11.9 Å². The summed E-state index contributed by atoms with van der Waals surface area (Å²) in [7, 11) is 0. The molecule has 0 radical (unpaired) electrons. The molecule has 1 atom stereocenters. The summed E-state index contributed by atoms with van der Waals surface area (Å²) in [5.41, 5.74) is 4.90. The number of hydrogen-bond acceptors (Lipinski definition) is 3. The van der Waals surface area contributed by atoms with E-state index in [9.17, 15) is 9.59 Å². The molecule has 6 nitrogen and oxygen atoms in total. The quantitative estimate of drug-likeness (QED) is 0.654. The monoisotopic (exact) mass is 270 g/mol. The second-order valence-corrected chi connectivity index (χ2v) is 5.34. The lowest BCUT2D eigenvalue weighted by Gasteiger charge is -2.38. The van der Waals surface area contributed by atoms with Gasteiger partial charge >= 0.3 is 6.03 Å². The van der Waals surface area contributed by atoms with E-state index < -0.39 is 6.03 Å². The van der Waals surface area contributed by atoms with Gasteiger partial charge in [0, 0.05) is 18.6 Å². The Balaban J connectivity index is 2.23. The zero-order valence-electron chi connectivity index (χ0n) is 11.9. The van der Waals surface area contributed by atoms with E-state index in [2.05, 4.69) is 29.4 Å². The Morgan fingerprint density at radius 3 is 2.68 bits per heavy atom. The normalized spacial score (nSPS) is 20.3. The molecule has 0 aliphatic carbocycles. The number of carbonyl (C=O) groups excluding carboxylic acids is 2. The maximum atomic E-state index is 11.4. The molecule has 1 rings (SSSR count). The highest BCUT2D eigenvalue weighted by Crippen LogP contribution is 2.21. The second-order valence-electron chi connectivity index (χ2n) is 5.34. The van der Waals surface area contributed by atoms with Gasteiger partial charge in [0.2, 0.25) is 5.91 Å². The smallest absolute Gasteiger partial charge is 0.312 e. The summed E-state index contributed by atoms with van der Waals surface area (Å²) >= 11 is 0. The number of rotatable bonds is 6. The van der Waals surface area contributed by atoms with Gasteiger partial charge in [-0.1, -0.05) is 6.42 Å². The molecule has 3 amide bonds. The van der Waals surface area contributed by atoms with E-state index in [0.717, 1.165) is 13.0 Å². The third-order valence-corrected chi connectivity index (χ3v) is 3.56. The van der Waals surface area contributed by atoms with Crippen molar-refractivity contribution in [2.45, 2.75) is 51.6 Å². The van der Waals surface area contributed by atoms with Crippen LogP contribution < -0.4 is 16.4 Å². The Morgan fingerprint density at radius 2 is 2.05 bits per heavy atom. The molecule has 0 aromatic rings. The lowest BCUT2D eigenvalue weighted by molar-refractivity contribution is -0.120. The third-order valence-electron chi connectivity index (χ3n) is 3.56. The number of amides is 3. The first-order chi connectivity index (χ1) is 9.00. The summed E-state index contributed by atoms with van der Waals surface area (Å²) in [5, 5.41) is 5.09. The minimum Gasteiger partial charge on any atom is -0.355 e. The summed E-state index contributed by atoms with van der Waals surface area (Å²) in [6.45, 7) is 6.18. The fraction of sp³-hybridized carbons (Fsp3) is 0.846. The van der Waals surface area contributed by atoms with Crippen LogP contribution in [0.4, 0.5) is 4.79 Å². The lowest BCUT2D eigenvalue weighted by Crippen LogP contribution is -2.46. The van der Waals surface area contributed by atoms with Crippen LogP contribution in [0.15, 0.2) is 0 Å². The van der Waals surface area contributed by atoms with Crippen molar-refractivity contribution in [1.29, 1.82) is 0 Å². The van der Waals surface area contributed by atoms with Crippen molar-refractivity contribution in [2.75, 3.05) is 19.6 Å². The van der Waals surface area contributed by atoms with Gasteiger partial charge < -0.3 is 16.4 Å². The van der Waals surface area contributed by atoms with Gasteiger partial charge in [-0.05, 0) is 39.7 Å². The molecule has 110 valence electrons. The molecule has 1 saturated heterocycles. The molecule has 0 spiro atoms. The van der Waals surface area contributed by atoms with E-state index in [1.165, 1.54) is 19.3 Å². The number of likely N-dealkylation sites (tertiary alicyclic amines) is 1. The average Bonchev–Trinajstić information content (AvgIpc) is 2.36. The molecule has 0 saturated carbocycles. The number of primary amides is 1. The molecule has 1 unspecified atom stereocenters.